The first-order valence-electron chi connectivity index (χ1n) is 10.2. The van der Waals surface area contributed by atoms with E-state index in [-0.39, 0.29) is 11.8 Å². The average molecular weight is 420 g/mol. The van der Waals surface area contributed by atoms with Gasteiger partial charge in [-0.05, 0) is 36.6 Å². The molecule has 1 aliphatic rings. The van der Waals surface area contributed by atoms with E-state index in [0.29, 0.717) is 23.7 Å². The first kappa shape index (κ1) is 18.9. The Hall–Kier alpha value is -3.12. The zero-order chi connectivity index (χ0) is 20.5. The molecule has 1 amide bonds. The number of H-pyrrole nitrogens is 1. The minimum Gasteiger partial charge on any atom is -0.342 e. The summed E-state index contributed by atoms with van der Waals surface area (Å²) in [6, 6.07) is 15.7. The second kappa shape index (κ2) is 7.95. The third-order valence-electron chi connectivity index (χ3n) is 5.67. The maximum Gasteiger partial charge on any atom is 0.257 e. The molecule has 6 nitrogen and oxygen atoms in total. The number of benzene rings is 2. The number of piperidine rings is 1. The number of aromatic amines is 1. The number of imidazole rings is 1. The molecule has 4 aromatic rings. The van der Waals surface area contributed by atoms with Crippen molar-refractivity contribution in [2.75, 3.05) is 13.1 Å². The summed E-state index contributed by atoms with van der Waals surface area (Å²) in [5.74, 6) is 1.19. The number of nitrogens with zero attached hydrogens (tertiary/aromatic N) is 4. The lowest BCUT2D eigenvalue weighted by molar-refractivity contribution is 0.0705. The molecule has 5 rings (SSSR count). The summed E-state index contributed by atoms with van der Waals surface area (Å²) in [7, 11) is 0. The van der Waals surface area contributed by atoms with Crippen LogP contribution < -0.4 is 0 Å². The van der Waals surface area contributed by atoms with Crippen molar-refractivity contribution in [3.8, 4) is 0 Å². The fourth-order valence-electron chi connectivity index (χ4n) is 4.09. The number of amides is 1. The summed E-state index contributed by atoms with van der Waals surface area (Å²) in [5.41, 5.74) is 3.59. The van der Waals surface area contributed by atoms with Gasteiger partial charge in [-0.25, -0.2) is 4.98 Å². The maximum absolute atomic E-state index is 13.1. The van der Waals surface area contributed by atoms with Crippen LogP contribution in [0.15, 0.2) is 60.9 Å². The number of rotatable bonds is 4. The van der Waals surface area contributed by atoms with Crippen molar-refractivity contribution in [2.45, 2.75) is 25.3 Å². The Balaban J connectivity index is 1.30. The molecule has 2 aromatic carbocycles. The Labute approximate surface area is 179 Å². The molecule has 3 heterocycles. The van der Waals surface area contributed by atoms with Gasteiger partial charge in [0, 0.05) is 30.2 Å². The topological polar surface area (TPSA) is 66.8 Å². The van der Waals surface area contributed by atoms with E-state index in [2.05, 4.69) is 10.1 Å². The van der Waals surface area contributed by atoms with E-state index in [0.717, 1.165) is 41.8 Å². The van der Waals surface area contributed by atoms with Crippen molar-refractivity contribution >= 4 is 28.5 Å². The molecule has 1 aliphatic heterocycles. The highest BCUT2D eigenvalue weighted by atomic mass is 35.5. The summed E-state index contributed by atoms with van der Waals surface area (Å²) in [6.07, 6.45) is 5.43. The lowest BCUT2D eigenvalue weighted by Crippen LogP contribution is -2.39. The minimum atomic E-state index is 0.0150. The molecule has 0 bridgehead atoms. The van der Waals surface area contributed by atoms with Gasteiger partial charge in [0.15, 0.2) is 0 Å². The van der Waals surface area contributed by atoms with Crippen molar-refractivity contribution < 1.29 is 4.79 Å². The van der Waals surface area contributed by atoms with E-state index in [4.69, 9.17) is 16.6 Å². The fourth-order valence-corrected chi connectivity index (χ4v) is 4.29. The van der Waals surface area contributed by atoms with Crippen LogP contribution in [0.1, 0.15) is 40.5 Å². The van der Waals surface area contributed by atoms with E-state index in [1.54, 1.807) is 17.1 Å². The summed E-state index contributed by atoms with van der Waals surface area (Å²) in [5, 5.41) is 5.07. The molecule has 1 fully saturated rings. The van der Waals surface area contributed by atoms with Crippen LogP contribution >= 0.6 is 11.6 Å². The van der Waals surface area contributed by atoms with E-state index >= 15 is 0 Å². The van der Waals surface area contributed by atoms with Gasteiger partial charge in [-0.15, -0.1) is 0 Å². The number of likely N-dealkylation sites (tertiary alicyclic amines) is 1. The first-order chi connectivity index (χ1) is 14.7. The second-order valence-corrected chi connectivity index (χ2v) is 8.15. The number of fused-ring (bicyclic) bond motifs is 1. The highest BCUT2D eigenvalue weighted by Gasteiger charge is 2.28. The highest BCUT2D eigenvalue weighted by molar-refractivity contribution is 6.31. The maximum atomic E-state index is 13.1. The van der Waals surface area contributed by atoms with Crippen molar-refractivity contribution in [3.05, 3.63) is 82.9 Å². The van der Waals surface area contributed by atoms with Crippen molar-refractivity contribution in [1.29, 1.82) is 0 Å². The average Bonchev–Trinajstić information content (AvgIpc) is 3.42. The Kier molecular flexibility index (Phi) is 5.01. The van der Waals surface area contributed by atoms with Crippen LogP contribution in [0, 0.1) is 0 Å². The molecule has 0 aliphatic carbocycles. The predicted octanol–water partition coefficient (Wildman–Crippen LogP) is 4.48. The molecular weight excluding hydrogens is 398 g/mol. The van der Waals surface area contributed by atoms with E-state index in [1.165, 1.54) is 0 Å². The van der Waals surface area contributed by atoms with Gasteiger partial charge >= 0.3 is 0 Å². The van der Waals surface area contributed by atoms with E-state index in [1.807, 2.05) is 53.4 Å². The van der Waals surface area contributed by atoms with E-state index in [9.17, 15) is 4.79 Å². The molecule has 0 radical (unpaired) electrons. The molecule has 1 unspecified atom stereocenters. The number of nitrogens with one attached hydrogen (secondary N) is 1. The van der Waals surface area contributed by atoms with Gasteiger partial charge in [-0.3, -0.25) is 9.48 Å². The Bertz CT molecular complexity index is 1160. The van der Waals surface area contributed by atoms with Crippen molar-refractivity contribution in [1.82, 2.24) is 24.6 Å². The van der Waals surface area contributed by atoms with Gasteiger partial charge in [0.05, 0.1) is 29.3 Å². The van der Waals surface area contributed by atoms with E-state index < -0.39 is 0 Å². The minimum absolute atomic E-state index is 0.0150. The lowest BCUT2D eigenvalue weighted by Gasteiger charge is -2.31. The number of carbonyl (C=O) groups excluding carboxylic acids is 1. The normalized spacial score (nSPS) is 16.8. The molecule has 1 N–H and O–H groups in total. The van der Waals surface area contributed by atoms with Gasteiger partial charge in [-0.1, -0.05) is 41.9 Å². The van der Waals surface area contributed by atoms with Crippen LogP contribution in [-0.4, -0.2) is 43.6 Å². The third kappa shape index (κ3) is 3.71. The van der Waals surface area contributed by atoms with Crippen LogP contribution in [0.3, 0.4) is 0 Å². The Morgan fingerprint density at radius 1 is 1.17 bits per heavy atom. The number of aromatic nitrogens is 4. The van der Waals surface area contributed by atoms with Crippen LogP contribution in [0.5, 0.6) is 0 Å². The molecule has 30 heavy (non-hydrogen) atoms. The predicted molar refractivity (Wildman–Crippen MR) is 117 cm³/mol. The lowest BCUT2D eigenvalue weighted by atomic mass is 9.97. The van der Waals surface area contributed by atoms with Crippen LogP contribution in [0.25, 0.3) is 11.0 Å². The number of hydrogen-bond donors (Lipinski definition) is 1. The molecule has 0 saturated carbocycles. The Morgan fingerprint density at radius 3 is 2.87 bits per heavy atom. The van der Waals surface area contributed by atoms with Gasteiger partial charge in [-0.2, -0.15) is 5.10 Å². The van der Waals surface area contributed by atoms with Crippen molar-refractivity contribution in [3.63, 3.8) is 0 Å². The number of para-hydroxylation sites is 2. The standard InChI is InChI=1S/C23H22ClN5O/c24-19-8-2-1-6-16(19)14-29-15-18(12-25-29)23(30)28-11-5-7-17(13-28)22-26-20-9-3-4-10-21(20)27-22/h1-4,6,8-10,12,15,17H,5,7,11,13-14H2,(H,26,27). The zero-order valence-corrected chi connectivity index (χ0v) is 17.2. The van der Waals surface area contributed by atoms with Gasteiger partial charge in [0.25, 0.3) is 5.91 Å². The molecule has 7 heteroatoms. The number of hydrogen-bond acceptors (Lipinski definition) is 3. The molecule has 152 valence electrons. The summed E-state index contributed by atoms with van der Waals surface area (Å²) in [6.45, 7) is 1.95. The number of halogens is 1. The van der Waals surface area contributed by atoms with Crippen LogP contribution in [0.2, 0.25) is 5.02 Å². The van der Waals surface area contributed by atoms with Gasteiger partial charge in [0.2, 0.25) is 0 Å². The quantitative estimate of drug-likeness (QED) is 0.530. The first-order valence-corrected chi connectivity index (χ1v) is 10.5. The molecule has 0 spiro atoms. The zero-order valence-electron chi connectivity index (χ0n) is 16.5. The van der Waals surface area contributed by atoms with Crippen LogP contribution in [-0.2, 0) is 6.54 Å². The molecular formula is C23H22ClN5O. The SMILES string of the molecule is O=C(c1cnn(Cc2ccccc2Cl)c1)N1CCCC(c2nc3ccccc3[nH]2)C1. The summed E-state index contributed by atoms with van der Waals surface area (Å²) >= 11 is 6.24. The second-order valence-electron chi connectivity index (χ2n) is 7.75. The summed E-state index contributed by atoms with van der Waals surface area (Å²) in [4.78, 5) is 23.2. The Morgan fingerprint density at radius 2 is 2.00 bits per heavy atom. The number of carbonyl (C=O) groups is 1. The largest absolute Gasteiger partial charge is 0.342 e. The fraction of sp³-hybridized carbons (Fsp3) is 0.261. The monoisotopic (exact) mass is 419 g/mol. The smallest absolute Gasteiger partial charge is 0.257 e. The van der Waals surface area contributed by atoms with Crippen molar-refractivity contribution in [2.24, 2.45) is 0 Å². The molecule has 1 saturated heterocycles. The van der Waals surface area contributed by atoms with Gasteiger partial charge in [0.1, 0.15) is 5.82 Å². The summed E-state index contributed by atoms with van der Waals surface area (Å²) < 4.78 is 1.76. The molecule has 1 atom stereocenters. The highest BCUT2D eigenvalue weighted by Crippen LogP contribution is 2.27. The molecule has 2 aromatic heterocycles. The van der Waals surface area contributed by atoms with Crippen LogP contribution in [0.4, 0.5) is 0 Å². The van der Waals surface area contributed by atoms with Gasteiger partial charge < -0.3 is 9.88 Å². The third-order valence-corrected chi connectivity index (χ3v) is 6.04.